The number of nitrogens with one attached hydrogen (secondary N) is 2. The molecule has 1 heterocycles. The quantitative estimate of drug-likeness (QED) is 0.531. The number of esters is 1. The molecule has 1 aliphatic heterocycles. The summed E-state index contributed by atoms with van der Waals surface area (Å²) in [5.41, 5.74) is 0. The Hall–Kier alpha value is -0.460. The van der Waals surface area contributed by atoms with Gasteiger partial charge in [-0.3, -0.25) is 9.59 Å². The first kappa shape index (κ1) is 17.5. The second-order valence-corrected chi connectivity index (χ2v) is 5.08. The predicted molar refractivity (Wildman–Crippen MR) is 75.2 cm³/mol. The lowest BCUT2D eigenvalue weighted by Crippen LogP contribution is -2.33. The van der Waals surface area contributed by atoms with E-state index in [0.717, 1.165) is 25.1 Å². The van der Waals surface area contributed by atoms with E-state index in [9.17, 15) is 9.59 Å². The Morgan fingerprint density at radius 2 is 2.28 bits per heavy atom. The second kappa shape index (κ2) is 10.5. The Labute approximate surface area is 118 Å². The van der Waals surface area contributed by atoms with E-state index in [-0.39, 0.29) is 24.3 Å². The maximum atomic E-state index is 11.5. The average molecular weight is 297 g/mol. The fourth-order valence-corrected chi connectivity index (χ4v) is 2.38. The van der Waals surface area contributed by atoms with E-state index >= 15 is 0 Å². The van der Waals surface area contributed by atoms with Gasteiger partial charge in [-0.25, -0.2) is 0 Å². The van der Waals surface area contributed by atoms with Gasteiger partial charge >= 0.3 is 5.97 Å². The van der Waals surface area contributed by atoms with E-state index in [1.807, 2.05) is 0 Å². The van der Waals surface area contributed by atoms with E-state index in [1.165, 1.54) is 18.9 Å². The van der Waals surface area contributed by atoms with Crippen LogP contribution in [0.15, 0.2) is 0 Å². The largest absolute Gasteiger partial charge is 0.468 e. The van der Waals surface area contributed by atoms with Crippen LogP contribution in [0.2, 0.25) is 0 Å². The molecule has 0 spiro atoms. The fraction of sp³-hybridized carbons (Fsp3) is 0.818. The van der Waals surface area contributed by atoms with E-state index in [2.05, 4.69) is 15.4 Å². The lowest BCUT2D eigenvalue weighted by atomic mass is 10.1. The van der Waals surface area contributed by atoms with Gasteiger partial charge in [0.15, 0.2) is 0 Å². The van der Waals surface area contributed by atoms with Crippen molar-refractivity contribution in [3.8, 4) is 0 Å². The Morgan fingerprint density at radius 1 is 1.50 bits per heavy atom. The van der Waals surface area contributed by atoms with Gasteiger partial charge in [0.2, 0.25) is 5.91 Å². The number of thioether (sulfide) groups is 1. The molecule has 106 valence electrons. The topological polar surface area (TPSA) is 67.4 Å². The Bertz CT molecular complexity index is 261. The van der Waals surface area contributed by atoms with Gasteiger partial charge in [-0.1, -0.05) is 0 Å². The van der Waals surface area contributed by atoms with Crippen molar-refractivity contribution in [1.29, 1.82) is 0 Å². The molecular weight excluding hydrogens is 276 g/mol. The number of amides is 1. The van der Waals surface area contributed by atoms with Gasteiger partial charge in [0.25, 0.3) is 0 Å². The zero-order valence-electron chi connectivity index (χ0n) is 10.6. The van der Waals surface area contributed by atoms with Crippen LogP contribution in [0.25, 0.3) is 0 Å². The van der Waals surface area contributed by atoms with E-state index in [1.54, 1.807) is 0 Å². The van der Waals surface area contributed by atoms with Gasteiger partial charge in [0.05, 0.1) is 12.9 Å². The van der Waals surface area contributed by atoms with E-state index in [0.29, 0.717) is 24.8 Å². The zero-order chi connectivity index (χ0) is 12.5. The lowest BCUT2D eigenvalue weighted by molar-refractivity contribution is -0.137. The number of halogens is 1. The Morgan fingerprint density at radius 3 is 2.89 bits per heavy atom. The molecule has 1 aliphatic rings. The van der Waals surface area contributed by atoms with Crippen LogP contribution in [0.4, 0.5) is 0 Å². The van der Waals surface area contributed by atoms with Crippen LogP contribution in [0.1, 0.15) is 19.3 Å². The van der Waals surface area contributed by atoms with Crippen molar-refractivity contribution in [3.05, 3.63) is 0 Å². The molecule has 7 heteroatoms. The summed E-state index contributed by atoms with van der Waals surface area (Å²) in [7, 11) is 1.37. The van der Waals surface area contributed by atoms with Crippen molar-refractivity contribution in [2.24, 2.45) is 0 Å². The molecule has 18 heavy (non-hydrogen) atoms. The lowest BCUT2D eigenvalue weighted by Gasteiger charge is -2.10. The van der Waals surface area contributed by atoms with Crippen molar-refractivity contribution in [3.63, 3.8) is 0 Å². The minimum atomic E-state index is -0.225. The molecule has 2 N–H and O–H groups in total. The molecule has 0 aromatic rings. The van der Waals surface area contributed by atoms with Crippen molar-refractivity contribution in [2.75, 3.05) is 31.7 Å². The molecule has 1 unspecified atom stereocenters. The van der Waals surface area contributed by atoms with Crippen LogP contribution in [-0.2, 0) is 14.3 Å². The maximum Gasteiger partial charge on any atom is 0.315 e. The third-order valence-corrected chi connectivity index (χ3v) is 3.54. The summed E-state index contributed by atoms with van der Waals surface area (Å²) in [6, 6.07) is 0.345. The van der Waals surface area contributed by atoms with Crippen LogP contribution in [-0.4, -0.2) is 49.6 Å². The normalized spacial score (nSPS) is 17.9. The third-order valence-electron chi connectivity index (χ3n) is 2.61. The Balaban J connectivity index is 0.00000289. The highest BCUT2D eigenvalue weighted by Gasteiger charge is 2.16. The molecule has 0 radical (unpaired) electrons. The molecule has 5 nitrogen and oxygen atoms in total. The minimum Gasteiger partial charge on any atom is -0.468 e. The highest BCUT2D eigenvalue weighted by molar-refractivity contribution is 7.99. The minimum absolute atomic E-state index is 0. The molecule has 0 saturated carbocycles. The van der Waals surface area contributed by atoms with E-state index < -0.39 is 0 Å². The third kappa shape index (κ3) is 7.79. The maximum absolute atomic E-state index is 11.5. The monoisotopic (exact) mass is 296 g/mol. The first-order valence-electron chi connectivity index (χ1n) is 5.87. The standard InChI is InChI=1S/C11H20N2O3S.ClH/c1-16-11(15)8-17-6-5-13-10(14)7-9-3-2-4-12-9;/h9,12H,2-8H2,1H3,(H,13,14);1H. The van der Waals surface area contributed by atoms with Crippen LogP contribution in [0.3, 0.4) is 0 Å². The Kier molecular flexibility index (Phi) is 10.2. The van der Waals surface area contributed by atoms with Crippen LogP contribution >= 0.6 is 24.2 Å². The van der Waals surface area contributed by atoms with Gasteiger partial charge < -0.3 is 15.4 Å². The first-order valence-corrected chi connectivity index (χ1v) is 7.02. The zero-order valence-corrected chi connectivity index (χ0v) is 12.2. The van der Waals surface area contributed by atoms with Gasteiger partial charge in [-0.15, -0.1) is 24.2 Å². The smallest absolute Gasteiger partial charge is 0.315 e. The predicted octanol–water partition coefficient (Wildman–Crippen LogP) is 0.573. The van der Waals surface area contributed by atoms with Crippen LogP contribution in [0, 0.1) is 0 Å². The summed E-state index contributed by atoms with van der Waals surface area (Å²) in [5, 5.41) is 6.13. The first-order chi connectivity index (χ1) is 8.22. The number of carbonyl (C=O) groups excluding carboxylic acids is 2. The highest BCUT2D eigenvalue weighted by Crippen LogP contribution is 2.08. The summed E-state index contributed by atoms with van der Waals surface area (Å²) in [4.78, 5) is 22.3. The molecular formula is C11H21ClN2O3S. The summed E-state index contributed by atoms with van der Waals surface area (Å²) in [6.45, 7) is 1.63. The summed E-state index contributed by atoms with van der Waals surface area (Å²) >= 11 is 1.47. The van der Waals surface area contributed by atoms with Crippen molar-refractivity contribution >= 4 is 36.0 Å². The number of hydrogen-bond donors (Lipinski definition) is 2. The molecule has 1 amide bonds. The van der Waals surface area contributed by atoms with Gasteiger partial charge in [-0.2, -0.15) is 0 Å². The van der Waals surface area contributed by atoms with Gasteiger partial charge in [0, 0.05) is 24.8 Å². The number of methoxy groups -OCH3 is 1. The summed E-state index contributed by atoms with van der Waals surface area (Å²) in [5.74, 6) is 0.940. The number of ether oxygens (including phenoxy) is 1. The van der Waals surface area contributed by atoms with Crippen LogP contribution < -0.4 is 10.6 Å². The number of hydrogen-bond acceptors (Lipinski definition) is 5. The van der Waals surface area contributed by atoms with Gasteiger partial charge in [0.1, 0.15) is 0 Å². The molecule has 0 aromatic carbocycles. The SMILES string of the molecule is COC(=O)CSCCNC(=O)CC1CCCN1.Cl. The summed E-state index contributed by atoms with van der Waals surface area (Å²) in [6.07, 6.45) is 2.80. The van der Waals surface area contributed by atoms with Crippen LogP contribution in [0.5, 0.6) is 0 Å². The van der Waals surface area contributed by atoms with Crippen molar-refractivity contribution < 1.29 is 14.3 Å². The van der Waals surface area contributed by atoms with Crippen molar-refractivity contribution in [2.45, 2.75) is 25.3 Å². The van der Waals surface area contributed by atoms with Crippen molar-refractivity contribution in [1.82, 2.24) is 10.6 Å². The summed E-state index contributed by atoms with van der Waals surface area (Å²) < 4.78 is 4.51. The molecule has 1 rings (SSSR count). The average Bonchev–Trinajstić information content (AvgIpc) is 2.81. The molecule has 0 bridgehead atoms. The number of carbonyl (C=O) groups is 2. The molecule has 0 aromatic heterocycles. The fourth-order valence-electron chi connectivity index (χ4n) is 1.70. The highest BCUT2D eigenvalue weighted by atomic mass is 35.5. The molecule has 1 atom stereocenters. The second-order valence-electron chi connectivity index (χ2n) is 3.98. The molecule has 0 aliphatic carbocycles. The van der Waals surface area contributed by atoms with Gasteiger partial charge in [-0.05, 0) is 19.4 Å². The molecule has 1 fully saturated rings. The van der Waals surface area contributed by atoms with E-state index in [4.69, 9.17) is 0 Å². The molecule has 1 saturated heterocycles. The number of rotatable bonds is 7.